The van der Waals surface area contributed by atoms with Gasteiger partial charge in [-0.05, 0) is 20.8 Å². The van der Waals surface area contributed by atoms with Crippen molar-refractivity contribution in [3.05, 3.63) is 0 Å². The van der Waals surface area contributed by atoms with E-state index in [9.17, 15) is 4.79 Å². The predicted molar refractivity (Wildman–Crippen MR) is 167 cm³/mol. The van der Waals surface area contributed by atoms with Crippen molar-refractivity contribution in [1.82, 2.24) is 4.90 Å². The summed E-state index contributed by atoms with van der Waals surface area (Å²) in [6.45, 7) is 17.5. The molecule has 0 aliphatic rings. The number of amides is 1. The third-order valence-corrected chi connectivity index (χ3v) is 5.26. The fourth-order valence-electron chi connectivity index (χ4n) is 3.02. The maximum atomic E-state index is 11.8. The Morgan fingerprint density at radius 1 is 0.444 bits per heavy atom. The first kappa shape index (κ1) is 43.8. The Bertz CT molecular complexity index is 615. The van der Waals surface area contributed by atoms with Gasteiger partial charge in [-0.3, -0.25) is 0 Å². The van der Waals surface area contributed by atoms with Gasteiger partial charge in [-0.2, -0.15) is 0 Å². The van der Waals surface area contributed by atoms with Crippen LogP contribution < -0.4 is 5.73 Å². The lowest BCUT2D eigenvalue weighted by Crippen LogP contribution is -2.36. The molecule has 0 rings (SSSR count). The van der Waals surface area contributed by atoms with E-state index in [1.807, 2.05) is 20.8 Å². The maximum Gasteiger partial charge on any atom is 0.410 e. The second-order valence-electron chi connectivity index (χ2n) is 10.4. The highest BCUT2D eigenvalue weighted by Gasteiger charge is 2.19. The third kappa shape index (κ3) is 37.1. The van der Waals surface area contributed by atoms with E-state index in [1.54, 1.807) is 7.05 Å². The van der Waals surface area contributed by atoms with Gasteiger partial charge in [0.15, 0.2) is 0 Å². The number of hydrogen-bond donors (Lipinski definition) is 1. The van der Waals surface area contributed by atoms with Crippen LogP contribution in [-0.4, -0.2) is 182 Å². The molecule has 0 aromatic heterocycles. The molecule has 45 heavy (non-hydrogen) atoms. The van der Waals surface area contributed by atoms with Gasteiger partial charge in [0.2, 0.25) is 0 Å². The average molecular weight is 659 g/mol. The highest BCUT2D eigenvalue weighted by Crippen LogP contribution is 2.08. The number of ether oxygens (including phenoxy) is 12. The minimum Gasteiger partial charge on any atom is -0.444 e. The number of carbonyl (C=O) groups is 1. The SMILES string of the molecule is CN(CCOCCOCCOCCOCCOCCOCCOCCOCCOCCOCCOCCN)C(=O)OC(C)(C)C. The first-order valence-corrected chi connectivity index (χ1v) is 15.9. The molecule has 0 spiro atoms. The molecule has 0 saturated heterocycles. The number of nitrogens with zero attached hydrogens (tertiary/aromatic N) is 1. The summed E-state index contributed by atoms with van der Waals surface area (Å²) in [5.74, 6) is 0. The zero-order chi connectivity index (χ0) is 33.1. The van der Waals surface area contributed by atoms with Crippen LogP contribution in [0.2, 0.25) is 0 Å². The molecular weight excluding hydrogens is 596 g/mol. The van der Waals surface area contributed by atoms with Crippen molar-refractivity contribution in [3.63, 3.8) is 0 Å². The number of hydrogen-bond acceptors (Lipinski definition) is 14. The second kappa shape index (κ2) is 34.1. The lowest BCUT2D eigenvalue weighted by atomic mass is 10.2. The lowest BCUT2D eigenvalue weighted by Gasteiger charge is -2.24. The number of likely N-dealkylation sites (N-methyl/N-ethyl adjacent to an activating group) is 1. The topological polar surface area (TPSA) is 157 Å². The molecule has 2 N–H and O–H groups in total. The fourth-order valence-corrected chi connectivity index (χ4v) is 3.02. The van der Waals surface area contributed by atoms with E-state index >= 15 is 0 Å². The van der Waals surface area contributed by atoms with Crippen LogP contribution in [0.3, 0.4) is 0 Å². The van der Waals surface area contributed by atoms with Gasteiger partial charge in [0, 0.05) is 20.1 Å². The molecule has 0 fully saturated rings. The normalized spacial score (nSPS) is 11.8. The van der Waals surface area contributed by atoms with Crippen LogP contribution in [0.25, 0.3) is 0 Å². The number of rotatable bonds is 35. The lowest BCUT2D eigenvalue weighted by molar-refractivity contribution is -0.0276. The van der Waals surface area contributed by atoms with Crippen molar-refractivity contribution in [2.75, 3.05) is 165 Å². The van der Waals surface area contributed by atoms with Gasteiger partial charge in [-0.25, -0.2) is 4.79 Å². The van der Waals surface area contributed by atoms with Crippen LogP contribution in [0.4, 0.5) is 4.79 Å². The second-order valence-corrected chi connectivity index (χ2v) is 10.4. The summed E-state index contributed by atoms with van der Waals surface area (Å²) in [6.07, 6.45) is -0.364. The van der Waals surface area contributed by atoms with Crippen molar-refractivity contribution in [2.24, 2.45) is 5.73 Å². The van der Waals surface area contributed by atoms with E-state index in [1.165, 1.54) is 4.90 Å². The van der Waals surface area contributed by atoms with Crippen molar-refractivity contribution < 1.29 is 61.6 Å². The Morgan fingerprint density at radius 3 is 0.889 bits per heavy atom. The summed E-state index contributed by atoms with van der Waals surface area (Å²) in [5, 5.41) is 0. The Morgan fingerprint density at radius 2 is 0.667 bits per heavy atom. The van der Waals surface area contributed by atoms with E-state index in [2.05, 4.69) is 0 Å². The first-order valence-electron chi connectivity index (χ1n) is 15.9. The van der Waals surface area contributed by atoms with Crippen molar-refractivity contribution in [1.29, 1.82) is 0 Å². The molecule has 0 heterocycles. The van der Waals surface area contributed by atoms with E-state index in [-0.39, 0.29) is 6.09 Å². The van der Waals surface area contributed by atoms with Gasteiger partial charge < -0.3 is 67.5 Å². The molecule has 0 aliphatic carbocycles. The Kier molecular flexibility index (Phi) is 33.2. The van der Waals surface area contributed by atoms with E-state index in [0.29, 0.717) is 158 Å². The van der Waals surface area contributed by atoms with Crippen LogP contribution in [-0.2, 0) is 56.8 Å². The molecule has 0 radical (unpaired) electrons. The Balaban J connectivity index is 3.14. The van der Waals surface area contributed by atoms with Crippen molar-refractivity contribution >= 4 is 6.09 Å². The van der Waals surface area contributed by atoms with Crippen LogP contribution in [0.5, 0.6) is 0 Å². The molecule has 0 atom stereocenters. The Hall–Kier alpha value is -1.21. The number of nitrogens with two attached hydrogens (primary N) is 1. The van der Waals surface area contributed by atoms with Gasteiger partial charge in [-0.15, -0.1) is 0 Å². The summed E-state index contributed by atoms with van der Waals surface area (Å²) in [6, 6.07) is 0. The van der Waals surface area contributed by atoms with Gasteiger partial charge in [0.05, 0.1) is 145 Å². The summed E-state index contributed by atoms with van der Waals surface area (Å²) < 4.78 is 65.0. The summed E-state index contributed by atoms with van der Waals surface area (Å²) in [4.78, 5) is 13.3. The summed E-state index contributed by atoms with van der Waals surface area (Å²) in [5.41, 5.74) is 4.82. The smallest absolute Gasteiger partial charge is 0.410 e. The molecule has 0 aliphatic heterocycles. The van der Waals surface area contributed by atoms with Crippen molar-refractivity contribution in [2.45, 2.75) is 26.4 Å². The molecule has 0 aromatic carbocycles. The standard InChI is InChI=1S/C30H62N2O13/c1-30(2,3)45-29(33)32(4)6-8-35-10-12-37-14-16-39-18-20-41-22-24-43-26-28-44-27-25-42-23-21-40-19-17-38-15-13-36-11-9-34-7-5-31/h5-28,31H2,1-4H3. The molecule has 15 nitrogen and oxygen atoms in total. The van der Waals surface area contributed by atoms with Crippen LogP contribution in [0, 0.1) is 0 Å². The third-order valence-electron chi connectivity index (χ3n) is 5.26. The molecule has 0 saturated carbocycles. The highest BCUT2D eigenvalue weighted by atomic mass is 16.6. The summed E-state index contributed by atoms with van der Waals surface area (Å²) >= 11 is 0. The minimum atomic E-state index is -0.509. The van der Waals surface area contributed by atoms with Crippen LogP contribution in [0.15, 0.2) is 0 Å². The molecule has 0 bridgehead atoms. The largest absolute Gasteiger partial charge is 0.444 e. The molecule has 1 amide bonds. The monoisotopic (exact) mass is 658 g/mol. The van der Waals surface area contributed by atoms with E-state index in [4.69, 9.17) is 62.6 Å². The fraction of sp³-hybridized carbons (Fsp3) is 0.967. The first-order chi connectivity index (χ1) is 21.9. The average Bonchev–Trinajstić information content (AvgIpc) is 3.00. The van der Waals surface area contributed by atoms with Crippen molar-refractivity contribution in [3.8, 4) is 0 Å². The highest BCUT2D eigenvalue weighted by molar-refractivity contribution is 5.67. The molecule has 270 valence electrons. The number of carbonyl (C=O) groups excluding carboxylic acids is 1. The van der Waals surface area contributed by atoms with Crippen LogP contribution in [0.1, 0.15) is 20.8 Å². The van der Waals surface area contributed by atoms with Crippen LogP contribution >= 0.6 is 0 Å². The van der Waals surface area contributed by atoms with E-state index < -0.39 is 5.60 Å². The minimum absolute atomic E-state index is 0.364. The zero-order valence-electron chi connectivity index (χ0n) is 28.3. The molecular formula is C30H62N2O13. The molecule has 0 unspecified atom stereocenters. The van der Waals surface area contributed by atoms with Gasteiger partial charge >= 0.3 is 6.09 Å². The summed E-state index contributed by atoms with van der Waals surface area (Å²) in [7, 11) is 1.68. The zero-order valence-corrected chi connectivity index (χ0v) is 28.3. The van der Waals surface area contributed by atoms with Gasteiger partial charge in [-0.1, -0.05) is 0 Å². The van der Waals surface area contributed by atoms with Gasteiger partial charge in [0.25, 0.3) is 0 Å². The Labute approximate surface area is 270 Å². The molecule has 0 aromatic rings. The molecule has 15 heteroatoms. The van der Waals surface area contributed by atoms with E-state index in [0.717, 1.165) is 0 Å². The predicted octanol–water partition coefficient (Wildman–Crippen LogP) is 0.995. The quantitative estimate of drug-likeness (QED) is 0.0962. The van der Waals surface area contributed by atoms with Gasteiger partial charge in [0.1, 0.15) is 5.60 Å². The maximum absolute atomic E-state index is 11.8.